The largest absolute Gasteiger partial charge is 0.468 e. The van der Waals surface area contributed by atoms with Crippen molar-refractivity contribution in [3.8, 4) is 6.01 Å². The number of nitrogens with zero attached hydrogens (tertiary/aromatic N) is 2. The van der Waals surface area contributed by atoms with Crippen LogP contribution in [0.3, 0.4) is 0 Å². The monoisotopic (exact) mass is 220 g/mol. The molecule has 0 bridgehead atoms. The highest BCUT2D eigenvalue weighted by Gasteiger charge is 2.08. The lowest BCUT2D eigenvalue weighted by Gasteiger charge is -2.09. The topological polar surface area (TPSA) is 57.3 Å². The van der Waals surface area contributed by atoms with Crippen molar-refractivity contribution >= 4 is 0 Å². The maximum atomic E-state index is 11.7. The average Bonchev–Trinajstić information content (AvgIpc) is 2.74. The van der Waals surface area contributed by atoms with Gasteiger partial charge in [0.2, 0.25) is 0 Å². The van der Waals surface area contributed by atoms with Gasteiger partial charge < -0.3 is 9.15 Å². The molecule has 2 aromatic heterocycles. The maximum absolute atomic E-state index is 11.7. The van der Waals surface area contributed by atoms with Gasteiger partial charge in [-0.15, -0.1) is 0 Å². The van der Waals surface area contributed by atoms with Crippen molar-refractivity contribution in [2.45, 2.75) is 13.5 Å². The van der Waals surface area contributed by atoms with E-state index >= 15 is 0 Å². The van der Waals surface area contributed by atoms with E-state index in [9.17, 15) is 4.79 Å². The molecule has 0 saturated heterocycles. The third-order valence-electron chi connectivity index (χ3n) is 2.18. The Bertz CT molecular complexity index is 529. The quantitative estimate of drug-likeness (QED) is 0.779. The zero-order valence-electron chi connectivity index (χ0n) is 9.14. The van der Waals surface area contributed by atoms with Gasteiger partial charge in [-0.3, -0.25) is 9.36 Å². The molecule has 0 atom stereocenters. The Morgan fingerprint density at radius 2 is 2.38 bits per heavy atom. The molecule has 2 rings (SSSR count). The number of hydrogen-bond donors (Lipinski definition) is 0. The number of aryl methyl sites for hydroxylation is 1. The standard InChI is InChI=1S/C11H12N2O3/c1-8-6-10(14)13(11(12-8)15-2)7-9-4-3-5-16-9/h3-6H,7H2,1-2H3. The molecule has 0 aliphatic carbocycles. The minimum absolute atomic E-state index is 0.152. The van der Waals surface area contributed by atoms with E-state index in [1.807, 2.05) is 0 Å². The van der Waals surface area contributed by atoms with Gasteiger partial charge >= 0.3 is 0 Å². The van der Waals surface area contributed by atoms with Crippen LogP contribution in [0.1, 0.15) is 11.5 Å². The molecule has 16 heavy (non-hydrogen) atoms. The first-order valence-electron chi connectivity index (χ1n) is 4.85. The van der Waals surface area contributed by atoms with E-state index in [4.69, 9.17) is 9.15 Å². The van der Waals surface area contributed by atoms with E-state index < -0.39 is 0 Å². The van der Waals surface area contributed by atoms with Crippen molar-refractivity contribution in [2.24, 2.45) is 0 Å². The molecule has 0 aliphatic rings. The molecule has 2 aromatic rings. The molecule has 0 N–H and O–H groups in total. The lowest BCUT2D eigenvalue weighted by atomic mass is 10.4. The average molecular weight is 220 g/mol. The predicted octanol–water partition coefficient (Wildman–Crippen LogP) is 1.20. The van der Waals surface area contributed by atoms with Gasteiger partial charge in [0.1, 0.15) is 5.76 Å². The zero-order valence-corrected chi connectivity index (χ0v) is 9.14. The van der Waals surface area contributed by atoms with Crippen LogP contribution in [0.4, 0.5) is 0 Å². The Kier molecular flexibility index (Phi) is 2.76. The fraction of sp³-hybridized carbons (Fsp3) is 0.273. The van der Waals surface area contributed by atoms with Crippen LogP contribution in [0.2, 0.25) is 0 Å². The number of hydrogen-bond acceptors (Lipinski definition) is 4. The summed E-state index contributed by atoms with van der Waals surface area (Å²) < 4.78 is 11.7. The Morgan fingerprint density at radius 3 is 3.00 bits per heavy atom. The summed E-state index contributed by atoms with van der Waals surface area (Å²) in [6.45, 7) is 2.07. The number of aromatic nitrogens is 2. The Morgan fingerprint density at radius 1 is 1.56 bits per heavy atom. The highest BCUT2D eigenvalue weighted by molar-refractivity contribution is 5.09. The van der Waals surface area contributed by atoms with Crippen molar-refractivity contribution in [2.75, 3.05) is 7.11 Å². The number of rotatable bonds is 3. The summed E-state index contributed by atoms with van der Waals surface area (Å²) in [7, 11) is 1.49. The second-order valence-corrected chi connectivity index (χ2v) is 3.39. The fourth-order valence-corrected chi connectivity index (χ4v) is 1.45. The molecule has 0 amide bonds. The predicted molar refractivity (Wildman–Crippen MR) is 57.6 cm³/mol. The molecular weight excluding hydrogens is 208 g/mol. The van der Waals surface area contributed by atoms with Crippen LogP contribution < -0.4 is 10.3 Å². The number of methoxy groups -OCH3 is 1. The second kappa shape index (κ2) is 4.22. The second-order valence-electron chi connectivity index (χ2n) is 3.39. The number of ether oxygens (including phenoxy) is 1. The summed E-state index contributed by atoms with van der Waals surface area (Å²) in [5.41, 5.74) is 0.485. The summed E-state index contributed by atoms with van der Waals surface area (Å²) in [6.07, 6.45) is 1.56. The van der Waals surface area contributed by atoms with Gasteiger partial charge in [-0.25, -0.2) is 4.98 Å². The smallest absolute Gasteiger partial charge is 0.299 e. The van der Waals surface area contributed by atoms with Gasteiger partial charge in [0.05, 0.1) is 19.9 Å². The van der Waals surface area contributed by atoms with Crippen molar-refractivity contribution in [1.82, 2.24) is 9.55 Å². The minimum Gasteiger partial charge on any atom is -0.468 e. The van der Waals surface area contributed by atoms with E-state index in [0.29, 0.717) is 24.0 Å². The molecule has 0 saturated carbocycles. The van der Waals surface area contributed by atoms with E-state index in [1.54, 1.807) is 25.3 Å². The molecule has 0 aliphatic heterocycles. The van der Waals surface area contributed by atoms with Gasteiger partial charge in [-0.05, 0) is 19.1 Å². The van der Waals surface area contributed by atoms with Crippen molar-refractivity contribution in [3.05, 3.63) is 46.3 Å². The highest BCUT2D eigenvalue weighted by atomic mass is 16.5. The fourth-order valence-electron chi connectivity index (χ4n) is 1.45. The first kappa shape index (κ1) is 10.5. The van der Waals surface area contributed by atoms with E-state index in [-0.39, 0.29) is 5.56 Å². The summed E-state index contributed by atoms with van der Waals surface area (Å²) in [5.74, 6) is 0.686. The lowest BCUT2D eigenvalue weighted by molar-refractivity contribution is 0.343. The van der Waals surface area contributed by atoms with Crippen LogP contribution in [0.15, 0.2) is 33.7 Å². The summed E-state index contributed by atoms with van der Waals surface area (Å²) in [4.78, 5) is 15.9. The van der Waals surface area contributed by atoms with Crippen molar-refractivity contribution < 1.29 is 9.15 Å². The molecule has 0 unspecified atom stereocenters. The van der Waals surface area contributed by atoms with Gasteiger partial charge in [0.25, 0.3) is 11.6 Å². The minimum atomic E-state index is -0.152. The zero-order chi connectivity index (χ0) is 11.5. The molecule has 0 aromatic carbocycles. The van der Waals surface area contributed by atoms with Crippen LogP contribution in [0.5, 0.6) is 6.01 Å². The summed E-state index contributed by atoms with van der Waals surface area (Å²) >= 11 is 0. The molecule has 0 spiro atoms. The molecule has 84 valence electrons. The maximum Gasteiger partial charge on any atom is 0.299 e. The molecule has 5 nitrogen and oxygen atoms in total. The number of furan rings is 1. The Balaban J connectivity index is 2.43. The highest BCUT2D eigenvalue weighted by Crippen LogP contribution is 2.08. The van der Waals surface area contributed by atoms with Gasteiger partial charge in [0, 0.05) is 11.8 Å². The SMILES string of the molecule is COc1nc(C)cc(=O)n1Cc1ccco1. The summed E-state index contributed by atoms with van der Waals surface area (Å²) in [6, 6.07) is 5.33. The molecule has 2 heterocycles. The van der Waals surface area contributed by atoms with Crippen LogP contribution in [-0.4, -0.2) is 16.7 Å². The van der Waals surface area contributed by atoms with E-state index in [1.165, 1.54) is 17.7 Å². The third-order valence-corrected chi connectivity index (χ3v) is 2.18. The van der Waals surface area contributed by atoms with Gasteiger partial charge in [0.15, 0.2) is 0 Å². The molecule has 5 heteroatoms. The van der Waals surface area contributed by atoms with E-state index in [2.05, 4.69) is 4.98 Å². The van der Waals surface area contributed by atoms with Crippen LogP contribution in [0, 0.1) is 6.92 Å². The van der Waals surface area contributed by atoms with Gasteiger partial charge in [-0.1, -0.05) is 0 Å². The Labute approximate surface area is 92.3 Å². The normalized spacial score (nSPS) is 10.4. The van der Waals surface area contributed by atoms with Crippen LogP contribution in [0.25, 0.3) is 0 Å². The van der Waals surface area contributed by atoms with Crippen LogP contribution >= 0.6 is 0 Å². The van der Waals surface area contributed by atoms with Crippen molar-refractivity contribution in [3.63, 3.8) is 0 Å². The first-order valence-corrected chi connectivity index (χ1v) is 4.85. The van der Waals surface area contributed by atoms with Crippen LogP contribution in [-0.2, 0) is 6.54 Å². The van der Waals surface area contributed by atoms with Crippen molar-refractivity contribution in [1.29, 1.82) is 0 Å². The first-order chi connectivity index (χ1) is 7.70. The van der Waals surface area contributed by atoms with Gasteiger partial charge in [-0.2, -0.15) is 0 Å². The summed E-state index contributed by atoms with van der Waals surface area (Å²) in [5, 5.41) is 0. The molecular formula is C11H12N2O3. The lowest BCUT2D eigenvalue weighted by Crippen LogP contribution is -2.23. The molecule has 0 radical (unpaired) electrons. The third kappa shape index (κ3) is 1.98. The van der Waals surface area contributed by atoms with E-state index in [0.717, 1.165) is 0 Å². The Hall–Kier alpha value is -2.04. The molecule has 0 fully saturated rings.